The number of halogens is 3. The molecule has 190 valence electrons. The van der Waals surface area contributed by atoms with Gasteiger partial charge in [0, 0.05) is 36.9 Å². The Hall–Kier alpha value is -2.18. The van der Waals surface area contributed by atoms with Crippen molar-refractivity contribution in [3.63, 3.8) is 0 Å². The molecule has 0 amide bonds. The highest BCUT2D eigenvalue weighted by atomic mass is 32.2. The van der Waals surface area contributed by atoms with Crippen LogP contribution in [0, 0.1) is 6.92 Å². The zero-order valence-electron chi connectivity index (χ0n) is 19.5. The van der Waals surface area contributed by atoms with Gasteiger partial charge in [0.15, 0.2) is 0 Å². The van der Waals surface area contributed by atoms with Crippen molar-refractivity contribution in [1.29, 1.82) is 0 Å². The van der Waals surface area contributed by atoms with Crippen molar-refractivity contribution < 1.29 is 26.7 Å². The number of benzene rings is 2. The molecular weight excluding hydrogens is 499 g/mol. The topological polar surface area (TPSA) is 56.2 Å². The van der Waals surface area contributed by atoms with Gasteiger partial charge in [-0.3, -0.25) is 13.8 Å². The van der Waals surface area contributed by atoms with Gasteiger partial charge in [-0.25, -0.2) is 4.21 Å². The fraction of sp³-hybridized carbons (Fsp3) is 0.417. The van der Waals surface area contributed by atoms with Gasteiger partial charge in [-0.15, -0.1) is 24.5 Å². The molecule has 1 aromatic heterocycles. The van der Waals surface area contributed by atoms with Gasteiger partial charge in [-0.05, 0) is 55.1 Å². The Balaban J connectivity index is 1.60. The summed E-state index contributed by atoms with van der Waals surface area (Å²) < 4.78 is 66.9. The van der Waals surface area contributed by atoms with Crippen LogP contribution in [0.15, 0.2) is 48.5 Å². The number of anilines is 1. The number of thiophene rings is 1. The second kappa shape index (κ2) is 10.8. The lowest BCUT2D eigenvalue weighted by molar-refractivity contribution is -0.274. The quantitative estimate of drug-likeness (QED) is 0.422. The van der Waals surface area contributed by atoms with E-state index in [0.717, 1.165) is 52.4 Å². The first-order chi connectivity index (χ1) is 16.6. The van der Waals surface area contributed by atoms with E-state index in [1.807, 2.05) is 31.2 Å². The molecule has 6 nitrogen and oxygen atoms in total. The molecule has 1 saturated heterocycles. The molecule has 11 heteroatoms. The van der Waals surface area contributed by atoms with E-state index in [0.29, 0.717) is 13.0 Å². The van der Waals surface area contributed by atoms with E-state index in [1.165, 1.54) is 27.8 Å². The molecule has 0 spiro atoms. The first kappa shape index (κ1) is 25.9. The molecule has 1 aliphatic heterocycles. The molecule has 1 fully saturated rings. The lowest BCUT2D eigenvalue weighted by Gasteiger charge is -2.39. The normalized spacial score (nSPS) is 17.4. The van der Waals surface area contributed by atoms with E-state index in [2.05, 4.69) is 21.6 Å². The number of alkyl halides is 3. The van der Waals surface area contributed by atoms with Crippen LogP contribution in [0.2, 0.25) is 0 Å². The van der Waals surface area contributed by atoms with Crippen LogP contribution in [0.1, 0.15) is 11.1 Å². The summed E-state index contributed by atoms with van der Waals surface area (Å²) in [7, 11) is 2.06. The molecule has 35 heavy (non-hydrogen) atoms. The second-order valence-corrected chi connectivity index (χ2v) is 10.6. The third-order valence-corrected chi connectivity index (χ3v) is 8.41. The standard InChI is InChI=1S/C24H28F3N3O3S2/c1-17-21-5-3-4-6-22(21)34-23(17)30(35(31)32)16-19(29-13-11-28(2)12-14-29)15-18-7-9-20(10-8-18)33-24(25,26)27/h3-10,19H,11-16H2,1-2H3,(H,31,32). The summed E-state index contributed by atoms with van der Waals surface area (Å²) in [6.45, 7) is 5.61. The van der Waals surface area contributed by atoms with Crippen molar-refractivity contribution in [2.45, 2.75) is 25.7 Å². The van der Waals surface area contributed by atoms with Gasteiger partial charge < -0.3 is 9.64 Å². The summed E-state index contributed by atoms with van der Waals surface area (Å²) in [5, 5.41) is 1.81. The molecule has 0 bridgehead atoms. The van der Waals surface area contributed by atoms with Crippen LogP contribution < -0.4 is 9.04 Å². The van der Waals surface area contributed by atoms with Crippen molar-refractivity contribution in [3.8, 4) is 5.75 Å². The summed E-state index contributed by atoms with van der Waals surface area (Å²) in [6.07, 6.45) is -4.22. The number of aryl methyl sites for hydroxylation is 1. The van der Waals surface area contributed by atoms with Crippen molar-refractivity contribution >= 4 is 37.7 Å². The minimum atomic E-state index is -4.74. The number of likely N-dealkylation sites (N-methyl/N-ethyl adjacent to an activating group) is 1. The molecule has 1 N–H and O–H groups in total. The number of fused-ring (bicyclic) bond motifs is 1. The Morgan fingerprint density at radius 3 is 2.37 bits per heavy atom. The van der Waals surface area contributed by atoms with Crippen LogP contribution in [0.5, 0.6) is 5.75 Å². The SMILES string of the molecule is Cc1c(N(CC(Cc2ccc(OC(F)(F)F)cc2)N2CCN(C)CC2)S(=O)O)sc2ccccc12. The summed E-state index contributed by atoms with van der Waals surface area (Å²) >= 11 is -0.749. The maximum atomic E-state index is 12.5. The van der Waals surface area contributed by atoms with Gasteiger partial charge in [0.1, 0.15) is 10.8 Å². The van der Waals surface area contributed by atoms with Gasteiger partial charge in [0.05, 0.1) is 6.54 Å². The molecule has 0 saturated carbocycles. The molecule has 2 aromatic carbocycles. The Labute approximate surface area is 209 Å². The molecule has 3 aromatic rings. The first-order valence-corrected chi connectivity index (χ1v) is 13.1. The zero-order chi connectivity index (χ0) is 25.2. The van der Waals surface area contributed by atoms with Crippen LogP contribution in [0.25, 0.3) is 10.1 Å². The number of ether oxygens (including phenoxy) is 1. The first-order valence-electron chi connectivity index (χ1n) is 11.2. The molecule has 0 radical (unpaired) electrons. The lowest BCUT2D eigenvalue weighted by atomic mass is 10.0. The number of rotatable bonds is 8. The summed E-state index contributed by atoms with van der Waals surface area (Å²) in [6, 6.07) is 13.6. The molecule has 4 rings (SSSR count). The van der Waals surface area contributed by atoms with E-state index < -0.39 is 17.6 Å². The predicted octanol–water partition coefficient (Wildman–Crippen LogP) is 4.91. The highest BCUT2D eigenvalue weighted by Gasteiger charge is 2.31. The average molecular weight is 528 g/mol. The molecule has 2 atom stereocenters. The summed E-state index contributed by atoms with van der Waals surface area (Å²) in [5.74, 6) is -0.267. The molecule has 0 aliphatic carbocycles. The number of hydrogen-bond donors (Lipinski definition) is 1. The molecule has 2 unspecified atom stereocenters. The Morgan fingerprint density at radius 2 is 1.77 bits per heavy atom. The lowest BCUT2D eigenvalue weighted by Crippen LogP contribution is -2.53. The van der Waals surface area contributed by atoms with E-state index in [9.17, 15) is 21.9 Å². The summed E-state index contributed by atoms with van der Waals surface area (Å²) in [4.78, 5) is 4.53. The maximum absolute atomic E-state index is 12.5. The monoisotopic (exact) mass is 527 g/mol. The highest BCUT2D eigenvalue weighted by molar-refractivity contribution is 7.81. The highest BCUT2D eigenvalue weighted by Crippen LogP contribution is 2.38. The Bertz CT molecular complexity index is 1160. The molecule has 2 heterocycles. The predicted molar refractivity (Wildman–Crippen MR) is 134 cm³/mol. The third-order valence-electron chi connectivity index (χ3n) is 6.29. The number of hydrogen-bond acceptors (Lipinski definition) is 5. The largest absolute Gasteiger partial charge is 0.573 e. The van der Waals surface area contributed by atoms with Crippen molar-refractivity contribution in [3.05, 3.63) is 59.7 Å². The Morgan fingerprint density at radius 1 is 1.11 bits per heavy atom. The van der Waals surface area contributed by atoms with Crippen LogP contribution in [0.4, 0.5) is 18.2 Å². The molecular formula is C24H28F3N3O3S2. The van der Waals surface area contributed by atoms with Crippen molar-refractivity contribution in [1.82, 2.24) is 9.80 Å². The van der Waals surface area contributed by atoms with E-state index in [1.54, 1.807) is 12.1 Å². The summed E-state index contributed by atoms with van der Waals surface area (Å²) in [5.41, 5.74) is 1.79. The van der Waals surface area contributed by atoms with Gasteiger partial charge in [0.25, 0.3) is 11.3 Å². The third kappa shape index (κ3) is 6.53. The second-order valence-electron chi connectivity index (χ2n) is 8.71. The minimum absolute atomic E-state index is 0.112. The number of nitrogens with zero attached hydrogens (tertiary/aromatic N) is 3. The fourth-order valence-corrected chi connectivity index (χ4v) is 6.41. The Kier molecular flexibility index (Phi) is 8.02. The average Bonchev–Trinajstić information content (AvgIpc) is 3.13. The van der Waals surface area contributed by atoms with Gasteiger partial charge in [-0.2, -0.15) is 0 Å². The van der Waals surface area contributed by atoms with Gasteiger partial charge >= 0.3 is 6.36 Å². The van der Waals surface area contributed by atoms with E-state index in [4.69, 9.17) is 0 Å². The number of piperazine rings is 1. The maximum Gasteiger partial charge on any atom is 0.573 e. The van der Waals surface area contributed by atoms with Crippen LogP contribution in [-0.4, -0.2) is 70.7 Å². The van der Waals surface area contributed by atoms with Gasteiger partial charge in [0.2, 0.25) is 0 Å². The van der Waals surface area contributed by atoms with Gasteiger partial charge in [-0.1, -0.05) is 30.3 Å². The van der Waals surface area contributed by atoms with Crippen molar-refractivity contribution in [2.24, 2.45) is 0 Å². The minimum Gasteiger partial charge on any atom is -0.406 e. The van der Waals surface area contributed by atoms with Crippen LogP contribution >= 0.6 is 11.3 Å². The smallest absolute Gasteiger partial charge is 0.406 e. The van der Waals surface area contributed by atoms with E-state index >= 15 is 0 Å². The van der Waals surface area contributed by atoms with Crippen molar-refractivity contribution in [2.75, 3.05) is 44.1 Å². The zero-order valence-corrected chi connectivity index (χ0v) is 21.1. The molecule has 1 aliphatic rings. The van der Waals surface area contributed by atoms with Crippen LogP contribution in [-0.2, 0) is 17.7 Å². The van der Waals surface area contributed by atoms with Crippen LogP contribution in [0.3, 0.4) is 0 Å². The van der Waals surface area contributed by atoms with E-state index in [-0.39, 0.29) is 11.8 Å². The fourth-order valence-electron chi connectivity index (χ4n) is 4.40.